The summed E-state index contributed by atoms with van der Waals surface area (Å²) in [7, 11) is 0. The molecule has 0 aromatic heterocycles. The van der Waals surface area contributed by atoms with Crippen LogP contribution in [0.25, 0.3) is 0 Å². The van der Waals surface area contributed by atoms with Gasteiger partial charge in [0.1, 0.15) is 0 Å². The highest BCUT2D eigenvalue weighted by Gasteiger charge is 2.29. The standard InChI is InChI=1S/C20H22Br2O/c1-11-12(2)14(4)17(15(5)13(11)3)20(23)19(22)18(21)16-9-7-6-8-10-16/h6-10,18-19H,1-5H3/t18-,19-/m1/s1. The van der Waals surface area contributed by atoms with Gasteiger partial charge in [-0.1, -0.05) is 62.2 Å². The van der Waals surface area contributed by atoms with Crippen molar-refractivity contribution in [2.45, 2.75) is 44.3 Å². The molecule has 2 atom stereocenters. The number of rotatable bonds is 4. The van der Waals surface area contributed by atoms with Crippen LogP contribution in [0.3, 0.4) is 0 Å². The third-order valence-corrected chi connectivity index (χ3v) is 7.58. The molecule has 2 rings (SSSR count). The zero-order chi connectivity index (χ0) is 17.3. The quantitative estimate of drug-likeness (QED) is 0.404. The third-order valence-electron chi connectivity index (χ3n) is 4.87. The van der Waals surface area contributed by atoms with Gasteiger partial charge in [-0.25, -0.2) is 0 Å². The van der Waals surface area contributed by atoms with Gasteiger partial charge in [0.15, 0.2) is 5.78 Å². The van der Waals surface area contributed by atoms with Crippen molar-refractivity contribution in [2.75, 3.05) is 0 Å². The Kier molecular flexibility index (Phi) is 5.85. The monoisotopic (exact) mass is 436 g/mol. The molecule has 0 aliphatic rings. The first kappa shape index (κ1) is 18.4. The van der Waals surface area contributed by atoms with Gasteiger partial charge in [-0.2, -0.15) is 0 Å². The summed E-state index contributed by atoms with van der Waals surface area (Å²) in [5.74, 6) is 0.136. The summed E-state index contributed by atoms with van der Waals surface area (Å²) in [5, 5.41) is 0. The molecule has 0 N–H and O–H groups in total. The van der Waals surface area contributed by atoms with Crippen LogP contribution in [-0.2, 0) is 0 Å². The molecule has 0 saturated carbocycles. The van der Waals surface area contributed by atoms with Crippen LogP contribution < -0.4 is 0 Å². The molecule has 23 heavy (non-hydrogen) atoms. The molecule has 0 radical (unpaired) electrons. The van der Waals surface area contributed by atoms with Crippen LogP contribution in [0.2, 0.25) is 0 Å². The van der Waals surface area contributed by atoms with E-state index in [9.17, 15) is 4.79 Å². The molecule has 0 amide bonds. The Morgan fingerprint density at radius 2 is 1.22 bits per heavy atom. The Hall–Kier alpha value is -0.930. The molecular weight excluding hydrogens is 416 g/mol. The van der Waals surface area contributed by atoms with Gasteiger partial charge in [-0.05, 0) is 68.0 Å². The summed E-state index contributed by atoms with van der Waals surface area (Å²) in [6, 6.07) is 10.0. The van der Waals surface area contributed by atoms with E-state index >= 15 is 0 Å². The minimum Gasteiger partial charge on any atom is -0.293 e. The van der Waals surface area contributed by atoms with Gasteiger partial charge >= 0.3 is 0 Å². The number of carbonyl (C=O) groups is 1. The van der Waals surface area contributed by atoms with Crippen molar-refractivity contribution >= 4 is 37.6 Å². The second-order valence-corrected chi connectivity index (χ2v) is 8.05. The molecule has 3 heteroatoms. The van der Waals surface area contributed by atoms with Crippen molar-refractivity contribution < 1.29 is 4.79 Å². The van der Waals surface area contributed by atoms with Gasteiger partial charge in [-0.3, -0.25) is 4.79 Å². The minimum absolute atomic E-state index is 0.0584. The van der Waals surface area contributed by atoms with E-state index in [0.29, 0.717) is 0 Å². The molecule has 0 aliphatic heterocycles. The second kappa shape index (κ2) is 7.31. The Morgan fingerprint density at radius 1 is 0.783 bits per heavy atom. The van der Waals surface area contributed by atoms with Gasteiger partial charge in [0, 0.05) is 5.56 Å². The van der Waals surface area contributed by atoms with E-state index < -0.39 is 0 Å². The van der Waals surface area contributed by atoms with Crippen LogP contribution in [0.1, 0.15) is 48.6 Å². The molecule has 0 saturated heterocycles. The summed E-state index contributed by atoms with van der Waals surface area (Å²) >= 11 is 7.30. The molecule has 2 aromatic rings. The summed E-state index contributed by atoms with van der Waals surface area (Å²) in [6.45, 7) is 10.4. The van der Waals surface area contributed by atoms with Crippen molar-refractivity contribution in [3.8, 4) is 0 Å². The van der Waals surface area contributed by atoms with E-state index in [4.69, 9.17) is 0 Å². The first-order valence-corrected chi connectivity index (χ1v) is 9.54. The Bertz CT molecular complexity index is 706. The highest BCUT2D eigenvalue weighted by Crippen LogP contribution is 2.36. The summed E-state index contributed by atoms with van der Waals surface area (Å²) < 4.78 is 0. The maximum absolute atomic E-state index is 13.1. The molecule has 122 valence electrons. The Balaban J connectivity index is 2.45. The molecule has 0 fully saturated rings. The van der Waals surface area contributed by atoms with Crippen molar-refractivity contribution in [1.29, 1.82) is 0 Å². The van der Waals surface area contributed by atoms with E-state index in [1.165, 1.54) is 16.7 Å². The van der Waals surface area contributed by atoms with Crippen LogP contribution in [0.15, 0.2) is 30.3 Å². The number of Topliss-reactive ketones (excluding diaryl/α,β-unsaturated/α-hetero) is 1. The topological polar surface area (TPSA) is 17.1 Å². The lowest BCUT2D eigenvalue weighted by atomic mass is 9.86. The Labute approximate surface area is 155 Å². The number of halogens is 2. The zero-order valence-corrected chi connectivity index (χ0v) is 17.4. The SMILES string of the molecule is Cc1c(C)c(C)c(C(=O)[C@H](Br)[C@H](Br)c2ccccc2)c(C)c1C. The smallest absolute Gasteiger partial charge is 0.178 e. The van der Waals surface area contributed by atoms with Crippen LogP contribution in [0, 0.1) is 34.6 Å². The fraction of sp³-hybridized carbons (Fsp3) is 0.350. The summed E-state index contributed by atoms with van der Waals surface area (Å²) in [6.07, 6.45) is 0. The number of hydrogen-bond donors (Lipinski definition) is 0. The number of hydrogen-bond acceptors (Lipinski definition) is 1. The van der Waals surface area contributed by atoms with E-state index in [-0.39, 0.29) is 15.4 Å². The zero-order valence-electron chi connectivity index (χ0n) is 14.2. The number of benzene rings is 2. The predicted octanol–water partition coefficient (Wildman–Crippen LogP) is 6.31. The normalized spacial score (nSPS) is 13.7. The number of carbonyl (C=O) groups excluding carboxylic acids is 1. The highest BCUT2D eigenvalue weighted by atomic mass is 79.9. The van der Waals surface area contributed by atoms with Crippen molar-refractivity contribution in [3.05, 3.63) is 69.3 Å². The van der Waals surface area contributed by atoms with Crippen LogP contribution in [0.5, 0.6) is 0 Å². The van der Waals surface area contributed by atoms with Gasteiger partial charge in [-0.15, -0.1) is 0 Å². The van der Waals surface area contributed by atoms with E-state index in [2.05, 4.69) is 52.6 Å². The van der Waals surface area contributed by atoms with Gasteiger partial charge in [0.05, 0.1) is 9.65 Å². The Morgan fingerprint density at radius 3 is 1.70 bits per heavy atom. The molecule has 2 aromatic carbocycles. The lowest BCUT2D eigenvalue weighted by Crippen LogP contribution is -2.22. The van der Waals surface area contributed by atoms with Gasteiger partial charge < -0.3 is 0 Å². The maximum atomic E-state index is 13.1. The van der Waals surface area contributed by atoms with Crippen molar-refractivity contribution in [2.24, 2.45) is 0 Å². The average Bonchev–Trinajstić information content (AvgIpc) is 2.57. The molecule has 0 bridgehead atoms. The van der Waals surface area contributed by atoms with E-state index in [1.54, 1.807) is 0 Å². The highest BCUT2D eigenvalue weighted by molar-refractivity contribution is 9.12. The lowest BCUT2D eigenvalue weighted by Gasteiger charge is -2.22. The molecule has 1 nitrogen and oxygen atoms in total. The van der Waals surface area contributed by atoms with Crippen LogP contribution in [0.4, 0.5) is 0 Å². The molecular formula is C20H22Br2O. The van der Waals surface area contributed by atoms with Gasteiger partial charge in [0.2, 0.25) is 0 Å². The van der Waals surface area contributed by atoms with E-state index in [1.807, 2.05) is 44.2 Å². The van der Waals surface area contributed by atoms with Crippen LogP contribution >= 0.6 is 31.9 Å². The first-order chi connectivity index (χ1) is 10.8. The third kappa shape index (κ3) is 3.46. The molecule has 0 spiro atoms. The van der Waals surface area contributed by atoms with Gasteiger partial charge in [0.25, 0.3) is 0 Å². The van der Waals surface area contributed by atoms with Crippen molar-refractivity contribution in [1.82, 2.24) is 0 Å². The van der Waals surface area contributed by atoms with Crippen LogP contribution in [-0.4, -0.2) is 10.6 Å². The fourth-order valence-corrected chi connectivity index (χ4v) is 4.03. The fourth-order valence-electron chi connectivity index (χ4n) is 2.95. The molecule has 0 aliphatic carbocycles. The largest absolute Gasteiger partial charge is 0.293 e. The molecule has 0 unspecified atom stereocenters. The first-order valence-electron chi connectivity index (χ1n) is 7.71. The number of ketones is 1. The van der Waals surface area contributed by atoms with E-state index in [0.717, 1.165) is 22.3 Å². The second-order valence-electron chi connectivity index (χ2n) is 6.08. The number of alkyl halides is 2. The molecule has 0 heterocycles. The summed E-state index contributed by atoms with van der Waals surface area (Å²) in [5.41, 5.74) is 7.83. The van der Waals surface area contributed by atoms with Crippen molar-refractivity contribution in [3.63, 3.8) is 0 Å². The summed E-state index contributed by atoms with van der Waals surface area (Å²) in [4.78, 5) is 12.8. The average molecular weight is 438 g/mol. The predicted molar refractivity (Wildman–Crippen MR) is 105 cm³/mol. The lowest BCUT2D eigenvalue weighted by molar-refractivity contribution is 0.0989. The maximum Gasteiger partial charge on any atom is 0.178 e. The minimum atomic E-state index is -0.302.